The zero-order valence-corrected chi connectivity index (χ0v) is 22.4. The number of nitrogens with zero attached hydrogens (tertiary/aromatic N) is 3. The SMILES string of the molecule is COc1cccc(CSc2nnc(CNC(=O)Nc3ccc(Br)cc3)n2-c2ccc(Cl)cc2Cl)c1. The molecular weight excluding hydrogens is 573 g/mol. The molecule has 1 aromatic heterocycles. The molecule has 0 saturated carbocycles. The van der Waals surface area contributed by atoms with E-state index in [1.807, 2.05) is 41.0 Å². The average molecular weight is 593 g/mol. The molecule has 0 bridgehead atoms. The van der Waals surface area contributed by atoms with E-state index in [2.05, 4.69) is 36.8 Å². The molecule has 0 saturated heterocycles. The Hall–Kier alpha value is -2.72. The molecule has 0 aliphatic heterocycles. The minimum atomic E-state index is -0.366. The van der Waals surface area contributed by atoms with Crippen molar-refractivity contribution in [1.29, 1.82) is 0 Å². The fourth-order valence-electron chi connectivity index (χ4n) is 3.19. The van der Waals surface area contributed by atoms with Crippen LogP contribution in [0, 0.1) is 0 Å². The number of aromatic nitrogens is 3. The normalized spacial score (nSPS) is 10.7. The maximum Gasteiger partial charge on any atom is 0.319 e. The van der Waals surface area contributed by atoms with E-state index in [0.29, 0.717) is 38.2 Å². The van der Waals surface area contributed by atoms with Gasteiger partial charge in [-0.2, -0.15) is 0 Å². The number of ether oxygens (including phenoxy) is 1. The van der Waals surface area contributed by atoms with E-state index < -0.39 is 0 Å². The number of hydrogen-bond acceptors (Lipinski definition) is 5. The van der Waals surface area contributed by atoms with Crippen LogP contribution in [-0.2, 0) is 12.3 Å². The number of urea groups is 1. The number of methoxy groups -OCH3 is 1. The highest BCUT2D eigenvalue weighted by molar-refractivity contribution is 9.10. The first-order valence-electron chi connectivity index (χ1n) is 10.4. The Labute approximate surface area is 225 Å². The molecule has 4 rings (SSSR count). The van der Waals surface area contributed by atoms with Gasteiger partial charge in [0.2, 0.25) is 0 Å². The molecule has 2 N–H and O–H groups in total. The van der Waals surface area contributed by atoms with Gasteiger partial charge in [-0.3, -0.25) is 4.57 Å². The lowest BCUT2D eigenvalue weighted by molar-refractivity contribution is 0.251. The van der Waals surface area contributed by atoms with E-state index in [1.165, 1.54) is 11.8 Å². The lowest BCUT2D eigenvalue weighted by atomic mass is 10.2. The molecular formula is C24H20BrCl2N5O2S. The zero-order valence-electron chi connectivity index (χ0n) is 18.5. The predicted octanol–water partition coefficient (Wildman–Crippen LogP) is 6.96. The first kappa shape index (κ1) is 25.4. The van der Waals surface area contributed by atoms with E-state index in [4.69, 9.17) is 27.9 Å². The number of hydrogen-bond donors (Lipinski definition) is 2. The molecule has 7 nitrogen and oxygen atoms in total. The van der Waals surface area contributed by atoms with Crippen LogP contribution < -0.4 is 15.4 Å². The van der Waals surface area contributed by atoms with Crippen molar-refractivity contribution in [2.45, 2.75) is 17.5 Å². The van der Waals surface area contributed by atoms with Crippen LogP contribution in [0.5, 0.6) is 5.75 Å². The number of amides is 2. The number of benzene rings is 3. The third kappa shape index (κ3) is 6.70. The van der Waals surface area contributed by atoms with Gasteiger partial charge in [0.1, 0.15) is 5.75 Å². The van der Waals surface area contributed by atoms with Crippen LogP contribution in [0.15, 0.2) is 76.4 Å². The first-order chi connectivity index (χ1) is 16.9. The number of carbonyl (C=O) groups is 1. The molecule has 0 atom stereocenters. The summed E-state index contributed by atoms with van der Waals surface area (Å²) in [5.74, 6) is 1.94. The van der Waals surface area contributed by atoms with Crippen LogP contribution in [0.3, 0.4) is 0 Å². The average Bonchev–Trinajstić information content (AvgIpc) is 3.25. The number of thioether (sulfide) groups is 1. The van der Waals surface area contributed by atoms with E-state index >= 15 is 0 Å². The molecule has 0 spiro atoms. The Kier molecular flexibility index (Phi) is 8.56. The van der Waals surface area contributed by atoms with Gasteiger partial charge in [0.05, 0.1) is 24.4 Å². The topological polar surface area (TPSA) is 81.1 Å². The van der Waals surface area contributed by atoms with E-state index in [1.54, 1.807) is 37.4 Å². The summed E-state index contributed by atoms with van der Waals surface area (Å²) in [6.07, 6.45) is 0. The minimum Gasteiger partial charge on any atom is -0.497 e. The first-order valence-corrected chi connectivity index (χ1v) is 12.9. The molecule has 180 valence electrons. The Morgan fingerprint density at radius 3 is 2.63 bits per heavy atom. The zero-order chi connectivity index (χ0) is 24.8. The lowest BCUT2D eigenvalue weighted by Crippen LogP contribution is -2.29. The Balaban J connectivity index is 1.54. The Bertz CT molecular complexity index is 1330. The number of anilines is 1. The largest absolute Gasteiger partial charge is 0.497 e. The molecule has 0 fully saturated rings. The van der Waals surface area contributed by atoms with Crippen molar-refractivity contribution in [3.63, 3.8) is 0 Å². The highest BCUT2D eigenvalue weighted by Crippen LogP contribution is 2.31. The molecule has 35 heavy (non-hydrogen) atoms. The van der Waals surface area contributed by atoms with Crippen LogP contribution in [0.2, 0.25) is 10.0 Å². The van der Waals surface area contributed by atoms with Gasteiger partial charge in [0.15, 0.2) is 11.0 Å². The summed E-state index contributed by atoms with van der Waals surface area (Å²) in [4.78, 5) is 12.5. The van der Waals surface area contributed by atoms with Crippen molar-refractivity contribution in [2.75, 3.05) is 12.4 Å². The molecule has 1 heterocycles. The minimum absolute atomic E-state index is 0.133. The lowest BCUT2D eigenvalue weighted by Gasteiger charge is -2.13. The molecule has 0 radical (unpaired) electrons. The predicted molar refractivity (Wildman–Crippen MR) is 144 cm³/mol. The second-order valence-electron chi connectivity index (χ2n) is 7.28. The molecule has 2 amide bonds. The van der Waals surface area contributed by atoms with Crippen molar-refractivity contribution in [3.05, 3.63) is 92.6 Å². The van der Waals surface area contributed by atoms with Gasteiger partial charge in [-0.05, 0) is 60.2 Å². The van der Waals surface area contributed by atoms with Crippen LogP contribution in [0.1, 0.15) is 11.4 Å². The maximum absolute atomic E-state index is 12.5. The van der Waals surface area contributed by atoms with Crippen LogP contribution in [-0.4, -0.2) is 27.9 Å². The summed E-state index contributed by atoms with van der Waals surface area (Å²) in [5.41, 5.74) is 2.40. The fraction of sp³-hybridized carbons (Fsp3) is 0.125. The molecule has 11 heteroatoms. The highest BCUT2D eigenvalue weighted by Gasteiger charge is 2.18. The summed E-state index contributed by atoms with van der Waals surface area (Å²) >= 11 is 17.5. The van der Waals surface area contributed by atoms with Gasteiger partial charge in [-0.15, -0.1) is 10.2 Å². The summed E-state index contributed by atoms with van der Waals surface area (Å²) in [6, 6.07) is 20.0. The molecule has 4 aromatic rings. The van der Waals surface area contributed by atoms with Crippen molar-refractivity contribution < 1.29 is 9.53 Å². The second-order valence-corrected chi connectivity index (χ2v) is 9.99. The van der Waals surface area contributed by atoms with Gasteiger partial charge in [-0.1, -0.05) is 63.0 Å². The Morgan fingerprint density at radius 1 is 1.09 bits per heavy atom. The number of rotatable bonds is 8. The Morgan fingerprint density at radius 2 is 1.89 bits per heavy atom. The maximum atomic E-state index is 12.5. The van der Waals surface area contributed by atoms with Gasteiger partial charge < -0.3 is 15.4 Å². The third-order valence-corrected chi connectivity index (χ3v) is 6.93. The number of nitrogens with one attached hydrogen (secondary N) is 2. The van der Waals surface area contributed by atoms with Crippen molar-refractivity contribution in [1.82, 2.24) is 20.1 Å². The van der Waals surface area contributed by atoms with Crippen molar-refractivity contribution in [3.8, 4) is 11.4 Å². The quantitative estimate of drug-likeness (QED) is 0.216. The molecule has 0 unspecified atom stereocenters. The van der Waals surface area contributed by atoms with Gasteiger partial charge >= 0.3 is 6.03 Å². The highest BCUT2D eigenvalue weighted by atomic mass is 79.9. The summed E-state index contributed by atoms with van der Waals surface area (Å²) in [5, 5.41) is 15.9. The fourth-order valence-corrected chi connectivity index (χ4v) is 4.85. The number of halogens is 3. The molecule has 3 aromatic carbocycles. The number of carbonyl (C=O) groups excluding carboxylic acids is 1. The smallest absolute Gasteiger partial charge is 0.319 e. The summed E-state index contributed by atoms with van der Waals surface area (Å²) < 4.78 is 8.06. The van der Waals surface area contributed by atoms with Gasteiger partial charge in [0, 0.05) is 20.9 Å². The summed E-state index contributed by atoms with van der Waals surface area (Å²) in [7, 11) is 1.64. The monoisotopic (exact) mass is 591 g/mol. The van der Waals surface area contributed by atoms with Crippen molar-refractivity contribution in [2.24, 2.45) is 0 Å². The van der Waals surface area contributed by atoms with E-state index in [0.717, 1.165) is 15.8 Å². The van der Waals surface area contributed by atoms with Crippen molar-refractivity contribution >= 4 is 62.6 Å². The van der Waals surface area contributed by atoms with E-state index in [9.17, 15) is 4.79 Å². The van der Waals surface area contributed by atoms with E-state index in [-0.39, 0.29) is 12.6 Å². The standard InChI is InChI=1S/C24H20BrCl2N5O2S/c1-34-19-4-2-3-15(11-19)14-35-24-31-30-22(32(24)21-10-7-17(26)12-20(21)27)13-28-23(33)29-18-8-5-16(25)6-9-18/h2-12H,13-14H2,1H3,(H2,28,29,33). The third-order valence-electron chi connectivity index (χ3n) is 4.86. The van der Waals surface area contributed by atoms with Crippen LogP contribution in [0.25, 0.3) is 5.69 Å². The summed E-state index contributed by atoms with van der Waals surface area (Å²) in [6.45, 7) is 0.133. The van der Waals surface area contributed by atoms with Gasteiger partial charge in [-0.25, -0.2) is 4.79 Å². The molecule has 0 aliphatic carbocycles. The molecule has 0 aliphatic rings. The van der Waals surface area contributed by atoms with Crippen LogP contribution >= 0.6 is 50.9 Å². The van der Waals surface area contributed by atoms with Crippen LogP contribution in [0.4, 0.5) is 10.5 Å². The second kappa shape index (κ2) is 11.8. The van der Waals surface area contributed by atoms with Gasteiger partial charge in [0.25, 0.3) is 0 Å².